The van der Waals surface area contributed by atoms with Gasteiger partial charge in [0.25, 0.3) is 0 Å². The van der Waals surface area contributed by atoms with E-state index < -0.39 is 0 Å². The standard InChI is InChI=1S/C38H50B2O/c1-35(2)22-39(23-36(35,3)4)33-30(26-16-11-9-12-17-26)28-20-15-21-29(41)32(28)34(31(33)27-18-13-10-14-19-27)40-24-37(5,6)38(7,8)25-40/h9-14,16-19,28,32H,15,20-25H2,1-8H3/t28-,32+/m0/s1. The minimum Gasteiger partial charge on any atom is -0.299 e. The molecule has 4 aliphatic rings. The fourth-order valence-corrected chi connectivity index (χ4v) is 9.32. The Hall–Kier alpha value is -2.28. The molecule has 2 aromatic rings. The Labute approximate surface area is 250 Å². The molecule has 41 heavy (non-hydrogen) atoms. The average molecular weight is 544 g/mol. The lowest BCUT2D eigenvalue weighted by Gasteiger charge is -2.44. The third-order valence-electron chi connectivity index (χ3n) is 12.9. The van der Waals surface area contributed by atoms with Gasteiger partial charge in [-0.15, -0.1) is 0 Å². The summed E-state index contributed by atoms with van der Waals surface area (Å²) in [5.74, 6) is 0.788. The van der Waals surface area contributed by atoms with Gasteiger partial charge >= 0.3 is 0 Å². The molecule has 0 aromatic heterocycles. The molecular formula is C38H50B2O. The van der Waals surface area contributed by atoms with Crippen molar-refractivity contribution in [3.05, 3.63) is 82.7 Å². The van der Waals surface area contributed by atoms with Gasteiger partial charge in [-0.2, -0.15) is 0 Å². The molecule has 2 aliphatic carbocycles. The van der Waals surface area contributed by atoms with Crippen LogP contribution in [0.3, 0.4) is 0 Å². The van der Waals surface area contributed by atoms with Crippen molar-refractivity contribution in [2.45, 2.75) is 99.9 Å². The van der Waals surface area contributed by atoms with Crippen LogP contribution in [-0.4, -0.2) is 19.2 Å². The number of hydrogen-bond donors (Lipinski definition) is 0. The van der Waals surface area contributed by atoms with Gasteiger partial charge in [0.2, 0.25) is 0 Å². The molecule has 3 fully saturated rings. The molecule has 1 nitrogen and oxygen atoms in total. The number of rotatable bonds is 4. The number of carbonyl (C=O) groups is 1. The molecule has 3 heteroatoms. The number of carbonyl (C=O) groups excluding carboxylic acids is 1. The highest BCUT2D eigenvalue weighted by atomic mass is 16.1. The molecule has 0 spiro atoms. The van der Waals surface area contributed by atoms with Crippen LogP contribution >= 0.6 is 0 Å². The van der Waals surface area contributed by atoms with Gasteiger partial charge < -0.3 is 0 Å². The van der Waals surface area contributed by atoms with Crippen LogP contribution in [0.4, 0.5) is 0 Å². The smallest absolute Gasteiger partial charge is 0.178 e. The number of benzene rings is 2. The number of ketones is 1. The van der Waals surface area contributed by atoms with Crippen molar-refractivity contribution < 1.29 is 4.79 Å². The summed E-state index contributed by atoms with van der Waals surface area (Å²) in [6.07, 6.45) is 7.59. The summed E-state index contributed by atoms with van der Waals surface area (Å²) in [5.41, 5.74) is 9.72. The summed E-state index contributed by atoms with van der Waals surface area (Å²) < 4.78 is 0. The van der Waals surface area contributed by atoms with E-state index in [1.165, 1.54) is 40.4 Å². The molecule has 2 saturated heterocycles. The predicted molar refractivity (Wildman–Crippen MR) is 178 cm³/mol. The van der Waals surface area contributed by atoms with E-state index in [1.807, 2.05) is 0 Å². The van der Waals surface area contributed by atoms with E-state index in [-0.39, 0.29) is 33.5 Å². The van der Waals surface area contributed by atoms with Gasteiger partial charge in [-0.1, -0.05) is 152 Å². The lowest BCUT2D eigenvalue weighted by molar-refractivity contribution is -0.124. The summed E-state index contributed by atoms with van der Waals surface area (Å²) >= 11 is 0. The van der Waals surface area contributed by atoms with Gasteiger partial charge in [0.1, 0.15) is 5.78 Å². The van der Waals surface area contributed by atoms with E-state index in [9.17, 15) is 4.79 Å². The van der Waals surface area contributed by atoms with Crippen molar-refractivity contribution in [1.29, 1.82) is 0 Å². The molecular weight excluding hydrogens is 494 g/mol. The van der Waals surface area contributed by atoms with E-state index in [4.69, 9.17) is 0 Å². The van der Waals surface area contributed by atoms with Crippen LogP contribution in [0.5, 0.6) is 0 Å². The van der Waals surface area contributed by atoms with Crippen LogP contribution < -0.4 is 0 Å². The van der Waals surface area contributed by atoms with Crippen LogP contribution in [0.25, 0.3) is 11.1 Å². The first kappa shape index (κ1) is 28.8. The van der Waals surface area contributed by atoms with Gasteiger partial charge in [-0.3, -0.25) is 4.79 Å². The van der Waals surface area contributed by atoms with Crippen molar-refractivity contribution in [3.63, 3.8) is 0 Å². The molecule has 0 unspecified atom stereocenters. The Balaban J connectivity index is 1.70. The first-order chi connectivity index (χ1) is 19.2. The average Bonchev–Trinajstić information content (AvgIpc) is 3.27. The van der Waals surface area contributed by atoms with Gasteiger partial charge in [0, 0.05) is 12.3 Å². The Morgan fingerprint density at radius 1 is 0.634 bits per heavy atom. The predicted octanol–water partition coefficient (Wildman–Crippen LogP) is 10.1. The van der Waals surface area contributed by atoms with Gasteiger partial charge in [0.05, 0.1) is 0 Å². The normalized spacial score (nSPS) is 28.3. The van der Waals surface area contributed by atoms with Crippen LogP contribution in [0.15, 0.2) is 71.6 Å². The number of fused-ring (bicyclic) bond motifs is 1. The van der Waals surface area contributed by atoms with E-state index in [2.05, 4.69) is 116 Å². The molecule has 0 radical (unpaired) electrons. The van der Waals surface area contributed by atoms with E-state index in [1.54, 1.807) is 5.47 Å². The topological polar surface area (TPSA) is 17.1 Å². The minimum absolute atomic E-state index is 0.00929. The van der Waals surface area contributed by atoms with Crippen molar-refractivity contribution in [3.8, 4) is 0 Å². The summed E-state index contributed by atoms with van der Waals surface area (Å²) in [6.45, 7) is 20.7. The Bertz CT molecular complexity index is 1360. The largest absolute Gasteiger partial charge is 0.299 e. The molecule has 0 bridgehead atoms. The second-order valence-corrected chi connectivity index (χ2v) is 16.6. The van der Waals surface area contributed by atoms with Crippen molar-refractivity contribution in [2.75, 3.05) is 0 Å². The second-order valence-electron chi connectivity index (χ2n) is 16.6. The highest BCUT2D eigenvalue weighted by Gasteiger charge is 2.56. The third-order valence-corrected chi connectivity index (χ3v) is 12.9. The lowest BCUT2D eigenvalue weighted by Crippen LogP contribution is -2.41. The summed E-state index contributed by atoms with van der Waals surface area (Å²) in [6, 6.07) is 22.4. The summed E-state index contributed by atoms with van der Waals surface area (Å²) in [4.78, 5) is 14.2. The number of allylic oxidation sites excluding steroid dienone is 4. The Morgan fingerprint density at radius 2 is 1.10 bits per heavy atom. The quantitative estimate of drug-likeness (QED) is 0.350. The molecule has 2 aromatic carbocycles. The monoisotopic (exact) mass is 544 g/mol. The maximum absolute atomic E-state index is 14.2. The maximum atomic E-state index is 14.2. The third kappa shape index (κ3) is 4.65. The molecule has 2 atom stereocenters. The van der Waals surface area contributed by atoms with E-state index in [0.29, 0.717) is 19.2 Å². The summed E-state index contributed by atoms with van der Waals surface area (Å²) in [5, 5.41) is 0. The van der Waals surface area contributed by atoms with Crippen molar-refractivity contribution >= 4 is 30.4 Å². The first-order valence-corrected chi connectivity index (χ1v) is 16.4. The maximum Gasteiger partial charge on any atom is 0.178 e. The van der Waals surface area contributed by atoms with Crippen LogP contribution in [0.1, 0.15) is 85.8 Å². The minimum atomic E-state index is 0.00929. The van der Waals surface area contributed by atoms with Crippen molar-refractivity contribution in [1.82, 2.24) is 0 Å². The highest BCUT2D eigenvalue weighted by molar-refractivity contribution is 6.76. The van der Waals surface area contributed by atoms with Crippen LogP contribution in [0, 0.1) is 33.5 Å². The van der Waals surface area contributed by atoms with Gasteiger partial charge in [0.15, 0.2) is 13.4 Å². The number of Topliss-reactive ketones (excluding diaryl/α,β-unsaturated/α-hetero) is 1. The zero-order valence-electron chi connectivity index (χ0n) is 26.9. The van der Waals surface area contributed by atoms with Crippen LogP contribution in [0.2, 0.25) is 25.3 Å². The zero-order valence-corrected chi connectivity index (χ0v) is 26.9. The molecule has 6 rings (SSSR count). The molecule has 0 amide bonds. The molecule has 2 aliphatic heterocycles. The molecule has 0 N–H and O–H groups in total. The number of hydrogen-bond acceptors (Lipinski definition) is 1. The van der Waals surface area contributed by atoms with Gasteiger partial charge in [-0.05, 0) is 62.7 Å². The molecule has 214 valence electrons. The molecule has 2 heterocycles. The summed E-state index contributed by atoms with van der Waals surface area (Å²) in [7, 11) is 0. The molecule has 1 saturated carbocycles. The highest BCUT2D eigenvalue weighted by Crippen LogP contribution is 2.62. The first-order valence-electron chi connectivity index (χ1n) is 16.4. The van der Waals surface area contributed by atoms with Crippen LogP contribution in [-0.2, 0) is 4.79 Å². The zero-order chi connectivity index (χ0) is 29.4. The Morgan fingerprint density at radius 3 is 1.61 bits per heavy atom. The van der Waals surface area contributed by atoms with E-state index >= 15 is 0 Å². The van der Waals surface area contributed by atoms with Crippen molar-refractivity contribution in [2.24, 2.45) is 33.5 Å². The Kier molecular flexibility index (Phi) is 6.95. The SMILES string of the molecule is CC1(C)CB(C2=C(c3ccccc3)[C@@H]3CCCC(=O)[C@@H]3C(B3CC(C)(C)C(C)(C)C3)=C2c2ccccc2)CC1(C)C. The lowest BCUT2D eigenvalue weighted by atomic mass is 9.30. The fourth-order valence-electron chi connectivity index (χ4n) is 9.32. The second kappa shape index (κ2) is 9.89. The fraction of sp³-hybridized carbons (Fsp3) is 0.553. The van der Waals surface area contributed by atoms with E-state index in [0.717, 1.165) is 31.9 Å². The van der Waals surface area contributed by atoms with Gasteiger partial charge in [-0.25, -0.2) is 0 Å².